The van der Waals surface area contributed by atoms with E-state index in [-0.39, 0.29) is 35.2 Å². The Kier molecular flexibility index (Phi) is 7.84. The maximum atomic E-state index is 12.9. The number of imide groups is 1. The number of benzene rings is 2. The highest BCUT2D eigenvalue weighted by molar-refractivity contribution is 6.30. The molecule has 0 radical (unpaired) electrons. The summed E-state index contributed by atoms with van der Waals surface area (Å²) >= 11 is 5.77. The third-order valence-electron chi connectivity index (χ3n) is 5.95. The van der Waals surface area contributed by atoms with Crippen LogP contribution >= 0.6 is 11.6 Å². The fourth-order valence-electron chi connectivity index (χ4n) is 4.16. The normalized spacial score (nSPS) is 15.3. The number of carbonyl (C=O) groups is 5. The van der Waals surface area contributed by atoms with E-state index in [4.69, 9.17) is 21.1 Å². The van der Waals surface area contributed by atoms with Gasteiger partial charge in [0, 0.05) is 11.1 Å². The lowest BCUT2D eigenvalue weighted by atomic mass is 9.94. The van der Waals surface area contributed by atoms with Gasteiger partial charge in [0.15, 0.2) is 13.2 Å². The molecule has 1 fully saturated rings. The number of nitrogens with zero attached hydrogens (tertiary/aromatic N) is 1. The molecule has 188 valence electrons. The molecule has 0 aromatic heterocycles. The summed E-state index contributed by atoms with van der Waals surface area (Å²) in [6, 6.07) is 10.4. The Morgan fingerprint density at radius 1 is 0.861 bits per heavy atom. The highest BCUT2D eigenvalue weighted by atomic mass is 35.5. The molecule has 2 aromatic carbocycles. The average Bonchev–Trinajstić information content (AvgIpc) is 3.15. The number of rotatable bonds is 7. The van der Waals surface area contributed by atoms with E-state index in [1.807, 2.05) is 0 Å². The molecular formula is C25H24ClN3O7. The first kappa shape index (κ1) is 25.2. The summed E-state index contributed by atoms with van der Waals surface area (Å²) in [5.74, 6) is -2.60. The minimum absolute atomic E-state index is 0.0357. The van der Waals surface area contributed by atoms with E-state index < -0.39 is 30.3 Å². The van der Waals surface area contributed by atoms with Gasteiger partial charge >= 0.3 is 5.97 Å². The van der Waals surface area contributed by atoms with Crippen LogP contribution in [0.1, 0.15) is 63.2 Å². The van der Waals surface area contributed by atoms with E-state index >= 15 is 0 Å². The SMILES string of the molecule is O=C(COC(=O)c1ccc2c(c1)C(=O)N(C1CCCCC1)C2=O)NNC(=O)COc1ccc(Cl)cc1. The third kappa shape index (κ3) is 5.83. The zero-order valence-corrected chi connectivity index (χ0v) is 20.0. The van der Waals surface area contributed by atoms with Crippen molar-refractivity contribution in [1.29, 1.82) is 0 Å². The number of esters is 1. The van der Waals surface area contributed by atoms with E-state index in [0.29, 0.717) is 10.8 Å². The maximum Gasteiger partial charge on any atom is 0.338 e. The molecular weight excluding hydrogens is 490 g/mol. The summed E-state index contributed by atoms with van der Waals surface area (Å²) in [5.41, 5.74) is 4.69. The number of fused-ring (bicyclic) bond motifs is 1. The number of hydrogen-bond acceptors (Lipinski definition) is 7. The molecule has 1 heterocycles. The quantitative estimate of drug-likeness (QED) is 0.330. The minimum atomic E-state index is -0.846. The molecule has 0 bridgehead atoms. The summed E-state index contributed by atoms with van der Waals surface area (Å²) in [4.78, 5) is 63.1. The van der Waals surface area contributed by atoms with Crippen LogP contribution < -0.4 is 15.6 Å². The summed E-state index contributed by atoms with van der Waals surface area (Å²) in [7, 11) is 0. The fourth-order valence-corrected chi connectivity index (χ4v) is 4.29. The Hall–Kier alpha value is -3.92. The molecule has 0 spiro atoms. The predicted molar refractivity (Wildman–Crippen MR) is 127 cm³/mol. The van der Waals surface area contributed by atoms with Gasteiger partial charge in [-0.1, -0.05) is 30.9 Å². The molecule has 1 saturated carbocycles. The summed E-state index contributed by atoms with van der Waals surface area (Å²) in [5, 5.41) is 0.523. The van der Waals surface area contributed by atoms with Crippen molar-refractivity contribution in [2.75, 3.05) is 13.2 Å². The van der Waals surface area contributed by atoms with Gasteiger partial charge in [0.1, 0.15) is 5.75 Å². The van der Waals surface area contributed by atoms with Crippen LogP contribution in [-0.4, -0.2) is 53.8 Å². The van der Waals surface area contributed by atoms with Gasteiger partial charge in [-0.3, -0.25) is 34.9 Å². The number of hydrazine groups is 1. The van der Waals surface area contributed by atoms with E-state index in [2.05, 4.69) is 10.9 Å². The Bertz CT molecular complexity index is 1190. The van der Waals surface area contributed by atoms with Crippen molar-refractivity contribution in [1.82, 2.24) is 15.8 Å². The Balaban J connectivity index is 1.24. The smallest absolute Gasteiger partial charge is 0.338 e. The van der Waals surface area contributed by atoms with Crippen LogP contribution in [0.4, 0.5) is 0 Å². The topological polar surface area (TPSA) is 131 Å². The number of hydrogen-bond donors (Lipinski definition) is 2. The molecule has 2 aliphatic rings. The first-order chi connectivity index (χ1) is 17.3. The third-order valence-corrected chi connectivity index (χ3v) is 6.20. The second kappa shape index (κ2) is 11.2. The van der Waals surface area contributed by atoms with Gasteiger partial charge in [-0.2, -0.15) is 0 Å². The number of halogens is 1. The van der Waals surface area contributed by atoms with Crippen LogP contribution in [0.25, 0.3) is 0 Å². The van der Waals surface area contributed by atoms with Gasteiger partial charge in [0.05, 0.1) is 16.7 Å². The van der Waals surface area contributed by atoms with Crippen molar-refractivity contribution < 1.29 is 33.4 Å². The van der Waals surface area contributed by atoms with Gasteiger partial charge < -0.3 is 9.47 Å². The van der Waals surface area contributed by atoms with Crippen LogP contribution in [0.5, 0.6) is 5.75 Å². The molecule has 0 saturated heterocycles. The average molecular weight is 514 g/mol. The van der Waals surface area contributed by atoms with E-state index in [0.717, 1.165) is 32.1 Å². The fraction of sp³-hybridized carbons (Fsp3) is 0.320. The highest BCUT2D eigenvalue weighted by Crippen LogP contribution is 2.31. The van der Waals surface area contributed by atoms with Crippen molar-refractivity contribution in [3.63, 3.8) is 0 Å². The second-order valence-electron chi connectivity index (χ2n) is 8.45. The zero-order valence-electron chi connectivity index (χ0n) is 19.3. The summed E-state index contributed by atoms with van der Waals surface area (Å²) in [6.07, 6.45) is 4.57. The standard InChI is InChI=1S/C25H24ClN3O7/c26-16-7-9-18(10-8-16)35-13-21(30)27-28-22(31)14-36-25(34)15-6-11-19-20(12-15)24(33)29(23(19)32)17-4-2-1-3-5-17/h6-12,17H,1-5,13-14H2,(H,27,30)(H,28,31). The summed E-state index contributed by atoms with van der Waals surface area (Å²) in [6.45, 7) is -1.03. The lowest BCUT2D eigenvalue weighted by molar-refractivity contribution is -0.131. The first-order valence-corrected chi connectivity index (χ1v) is 11.9. The van der Waals surface area contributed by atoms with Crippen LogP contribution in [0.15, 0.2) is 42.5 Å². The molecule has 0 unspecified atom stereocenters. The molecule has 4 rings (SSSR count). The van der Waals surface area contributed by atoms with Crippen molar-refractivity contribution in [2.45, 2.75) is 38.1 Å². The Labute approximate surface area is 211 Å². The molecule has 2 N–H and O–H groups in total. The Morgan fingerprint density at radius 2 is 1.50 bits per heavy atom. The highest BCUT2D eigenvalue weighted by Gasteiger charge is 2.40. The van der Waals surface area contributed by atoms with E-state index in [9.17, 15) is 24.0 Å². The molecule has 4 amide bonds. The van der Waals surface area contributed by atoms with Crippen LogP contribution in [0, 0.1) is 0 Å². The van der Waals surface area contributed by atoms with Gasteiger partial charge in [-0.25, -0.2) is 4.79 Å². The van der Waals surface area contributed by atoms with Gasteiger partial charge in [0.25, 0.3) is 23.6 Å². The lowest BCUT2D eigenvalue weighted by Crippen LogP contribution is -2.45. The van der Waals surface area contributed by atoms with Gasteiger partial charge in [-0.05, 0) is 55.3 Å². The van der Waals surface area contributed by atoms with Crippen LogP contribution in [0.2, 0.25) is 5.02 Å². The lowest BCUT2D eigenvalue weighted by Gasteiger charge is -2.29. The van der Waals surface area contributed by atoms with Gasteiger partial charge in [-0.15, -0.1) is 0 Å². The largest absolute Gasteiger partial charge is 0.484 e. The predicted octanol–water partition coefficient (Wildman–Crippen LogP) is 2.65. The number of ether oxygens (including phenoxy) is 2. The minimum Gasteiger partial charge on any atom is -0.484 e. The van der Waals surface area contributed by atoms with Crippen molar-refractivity contribution in [3.05, 3.63) is 64.2 Å². The molecule has 10 nitrogen and oxygen atoms in total. The monoisotopic (exact) mass is 513 g/mol. The van der Waals surface area contributed by atoms with Crippen LogP contribution in [-0.2, 0) is 14.3 Å². The molecule has 11 heteroatoms. The Morgan fingerprint density at radius 3 is 2.19 bits per heavy atom. The second-order valence-corrected chi connectivity index (χ2v) is 8.88. The van der Waals surface area contributed by atoms with Gasteiger partial charge in [0.2, 0.25) is 0 Å². The van der Waals surface area contributed by atoms with E-state index in [1.54, 1.807) is 24.3 Å². The van der Waals surface area contributed by atoms with Crippen molar-refractivity contribution in [3.8, 4) is 5.75 Å². The molecule has 1 aliphatic heterocycles. The van der Waals surface area contributed by atoms with Crippen LogP contribution in [0.3, 0.4) is 0 Å². The molecule has 2 aromatic rings. The number of carbonyl (C=O) groups excluding carboxylic acids is 5. The zero-order chi connectivity index (χ0) is 25.7. The summed E-state index contributed by atoms with van der Waals surface area (Å²) < 4.78 is 10.2. The first-order valence-electron chi connectivity index (χ1n) is 11.5. The molecule has 0 atom stereocenters. The number of amides is 4. The van der Waals surface area contributed by atoms with Crippen molar-refractivity contribution >= 4 is 41.2 Å². The number of nitrogens with one attached hydrogen (secondary N) is 2. The van der Waals surface area contributed by atoms with Crippen molar-refractivity contribution in [2.24, 2.45) is 0 Å². The van der Waals surface area contributed by atoms with E-state index in [1.165, 1.54) is 23.1 Å². The molecule has 1 aliphatic carbocycles. The maximum absolute atomic E-state index is 12.9. The molecule has 36 heavy (non-hydrogen) atoms.